The summed E-state index contributed by atoms with van der Waals surface area (Å²) in [4.78, 5) is 43.8. The third-order valence-corrected chi connectivity index (χ3v) is 8.65. The number of cyclic esters (lactones) is 1. The van der Waals surface area contributed by atoms with E-state index in [0.29, 0.717) is 6.54 Å². The lowest BCUT2D eigenvalue weighted by molar-refractivity contribution is -0.151. The largest absolute Gasteiger partial charge is 0.461 e. The lowest BCUT2D eigenvalue weighted by Crippen LogP contribution is -2.53. The molecule has 1 N–H and O–H groups in total. The number of aryl methyl sites for hydroxylation is 2. The Morgan fingerprint density at radius 2 is 2.00 bits per heavy atom. The van der Waals surface area contributed by atoms with Gasteiger partial charge in [0.05, 0.1) is 23.2 Å². The van der Waals surface area contributed by atoms with Gasteiger partial charge in [-0.2, -0.15) is 0 Å². The van der Waals surface area contributed by atoms with Crippen LogP contribution in [0.2, 0.25) is 0 Å². The van der Waals surface area contributed by atoms with Crippen molar-refractivity contribution in [3.05, 3.63) is 53.6 Å². The molecule has 1 aromatic carbocycles. The molecule has 0 saturated carbocycles. The molecule has 4 aliphatic heterocycles. The van der Waals surface area contributed by atoms with Crippen LogP contribution in [0.1, 0.15) is 11.1 Å². The predicted octanol–water partition coefficient (Wildman–Crippen LogP) is 1.61. The maximum Gasteiger partial charge on any atom is 0.311 e. The van der Waals surface area contributed by atoms with Gasteiger partial charge in [-0.1, -0.05) is 36.4 Å². The van der Waals surface area contributed by atoms with Gasteiger partial charge in [0.25, 0.3) is 5.91 Å². The standard InChI is InChI=1S/C24H26N2O5S/c1-14-6-7-15(2)16(13-14)25-9-4-8-24-19(18-17(32-24)5-3-12-31-23(18)30)21(28)26(10-11-27)20(24)22(25)29/h3-8,13,17-20,27H,9-12H2,1-2H3/t17-,18+,19-,20?,24-/m0/s1. The van der Waals surface area contributed by atoms with Gasteiger partial charge >= 0.3 is 5.97 Å². The Balaban J connectivity index is 1.63. The van der Waals surface area contributed by atoms with Crippen molar-refractivity contribution in [1.29, 1.82) is 0 Å². The Labute approximate surface area is 191 Å². The van der Waals surface area contributed by atoms with Crippen molar-refractivity contribution in [1.82, 2.24) is 4.90 Å². The number of hydrogen-bond acceptors (Lipinski definition) is 6. The molecule has 0 bridgehead atoms. The minimum Gasteiger partial charge on any atom is -0.461 e. The highest BCUT2D eigenvalue weighted by Gasteiger charge is 2.71. The highest BCUT2D eigenvalue weighted by molar-refractivity contribution is 8.02. The Morgan fingerprint density at radius 1 is 1.19 bits per heavy atom. The summed E-state index contributed by atoms with van der Waals surface area (Å²) in [6.07, 6.45) is 7.64. The number of benzene rings is 1. The molecule has 1 aromatic rings. The fourth-order valence-corrected chi connectivity index (χ4v) is 7.54. The minimum absolute atomic E-state index is 0.0464. The van der Waals surface area contributed by atoms with Crippen LogP contribution in [0.25, 0.3) is 0 Å². The highest BCUT2D eigenvalue weighted by atomic mass is 32.2. The number of thioether (sulfide) groups is 1. The summed E-state index contributed by atoms with van der Waals surface area (Å²) in [6, 6.07) is 5.17. The summed E-state index contributed by atoms with van der Waals surface area (Å²) in [5, 5.41) is 9.46. The van der Waals surface area contributed by atoms with Crippen LogP contribution in [0.3, 0.4) is 0 Å². The average Bonchev–Trinajstić information content (AvgIpc) is 3.05. The van der Waals surface area contributed by atoms with Crippen molar-refractivity contribution < 1.29 is 24.2 Å². The zero-order chi connectivity index (χ0) is 22.6. The third-order valence-electron chi connectivity index (χ3n) is 6.91. The molecule has 168 valence electrons. The topological polar surface area (TPSA) is 87.2 Å². The molecule has 8 heteroatoms. The van der Waals surface area contributed by atoms with E-state index >= 15 is 0 Å². The molecular formula is C24H26N2O5S. The van der Waals surface area contributed by atoms with Gasteiger partial charge in [0, 0.05) is 24.0 Å². The number of fused-ring (bicyclic) bond motifs is 2. The van der Waals surface area contributed by atoms with Crippen molar-refractivity contribution in [2.75, 3.05) is 31.2 Å². The second-order valence-electron chi connectivity index (χ2n) is 8.80. The summed E-state index contributed by atoms with van der Waals surface area (Å²) < 4.78 is 4.46. The van der Waals surface area contributed by atoms with Gasteiger partial charge in [-0.05, 0) is 31.0 Å². The highest BCUT2D eigenvalue weighted by Crippen LogP contribution is 2.60. The Bertz CT molecular complexity index is 1050. The Kier molecular flexibility index (Phi) is 5.17. The van der Waals surface area contributed by atoms with Crippen LogP contribution in [0.15, 0.2) is 42.5 Å². The van der Waals surface area contributed by atoms with Crippen LogP contribution < -0.4 is 4.90 Å². The van der Waals surface area contributed by atoms with E-state index in [2.05, 4.69) is 0 Å². The van der Waals surface area contributed by atoms with E-state index in [4.69, 9.17) is 4.74 Å². The molecule has 4 aliphatic rings. The number of likely N-dealkylation sites (tertiary alicyclic amines) is 1. The molecule has 0 radical (unpaired) electrons. The quantitative estimate of drug-likeness (QED) is 0.552. The van der Waals surface area contributed by atoms with E-state index in [1.807, 2.05) is 56.4 Å². The first-order valence-electron chi connectivity index (χ1n) is 10.9. The van der Waals surface area contributed by atoms with Gasteiger partial charge in [-0.25, -0.2) is 0 Å². The van der Waals surface area contributed by atoms with E-state index in [9.17, 15) is 19.5 Å². The van der Waals surface area contributed by atoms with Crippen LogP contribution in [0, 0.1) is 25.7 Å². The molecule has 5 rings (SSSR count). The predicted molar refractivity (Wildman–Crippen MR) is 121 cm³/mol. The summed E-state index contributed by atoms with van der Waals surface area (Å²) >= 11 is 1.50. The molecule has 32 heavy (non-hydrogen) atoms. The van der Waals surface area contributed by atoms with E-state index in [0.717, 1.165) is 16.8 Å². The number of carbonyl (C=O) groups excluding carboxylic acids is 3. The van der Waals surface area contributed by atoms with E-state index in [-0.39, 0.29) is 36.8 Å². The number of carbonyl (C=O) groups is 3. The number of nitrogens with zero attached hydrogens (tertiary/aromatic N) is 2. The molecule has 7 nitrogen and oxygen atoms in total. The number of aliphatic hydroxyl groups is 1. The summed E-state index contributed by atoms with van der Waals surface area (Å²) in [5.74, 6) is -2.21. The summed E-state index contributed by atoms with van der Waals surface area (Å²) in [6.45, 7) is 4.31. The van der Waals surface area contributed by atoms with Crippen LogP contribution in [-0.4, -0.2) is 70.1 Å². The van der Waals surface area contributed by atoms with Crippen LogP contribution in [0.4, 0.5) is 5.69 Å². The van der Waals surface area contributed by atoms with Crippen LogP contribution >= 0.6 is 11.8 Å². The number of anilines is 1. The molecule has 2 fully saturated rings. The maximum absolute atomic E-state index is 14.1. The van der Waals surface area contributed by atoms with Gasteiger partial charge in [-0.3, -0.25) is 14.4 Å². The van der Waals surface area contributed by atoms with Gasteiger partial charge in [-0.15, -0.1) is 11.8 Å². The van der Waals surface area contributed by atoms with E-state index < -0.39 is 28.6 Å². The van der Waals surface area contributed by atoms with Crippen molar-refractivity contribution in [3.8, 4) is 0 Å². The van der Waals surface area contributed by atoms with Crippen molar-refractivity contribution in [2.24, 2.45) is 11.8 Å². The molecule has 0 aromatic heterocycles. The number of β-amino-alcohol motifs (C(OH)–C–C–N with tert-alkyl or cyclic N) is 1. The average molecular weight is 455 g/mol. The Morgan fingerprint density at radius 3 is 2.78 bits per heavy atom. The lowest BCUT2D eigenvalue weighted by Gasteiger charge is -2.35. The molecule has 5 atom stereocenters. The first kappa shape index (κ1) is 21.3. The number of esters is 1. The van der Waals surface area contributed by atoms with Gasteiger partial charge in [0.1, 0.15) is 12.6 Å². The smallest absolute Gasteiger partial charge is 0.311 e. The van der Waals surface area contributed by atoms with E-state index in [1.165, 1.54) is 16.7 Å². The van der Waals surface area contributed by atoms with Crippen molar-refractivity contribution >= 4 is 35.2 Å². The zero-order valence-electron chi connectivity index (χ0n) is 18.1. The first-order chi connectivity index (χ1) is 15.4. The number of rotatable bonds is 3. The van der Waals surface area contributed by atoms with Gasteiger partial charge in [0.15, 0.2) is 0 Å². The molecule has 4 heterocycles. The summed E-state index contributed by atoms with van der Waals surface area (Å²) in [7, 11) is 0. The van der Waals surface area contributed by atoms with Gasteiger partial charge in [0.2, 0.25) is 5.91 Å². The normalized spacial score (nSPS) is 33.5. The molecule has 0 aliphatic carbocycles. The second-order valence-corrected chi connectivity index (χ2v) is 10.3. The fraction of sp³-hybridized carbons (Fsp3) is 0.458. The minimum atomic E-state index is -0.883. The number of hydrogen-bond donors (Lipinski definition) is 1. The van der Waals surface area contributed by atoms with Crippen LogP contribution in [0.5, 0.6) is 0 Å². The monoisotopic (exact) mass is 454 g/mol. The number of ether oxygens (including phenoxy) is 1. The van der Waals surface area contributed by atoms with Crippen molar-refractivity contribution in [2.45, 2.75) is 29.9 Å². The number of aliphatic hydroxyl groups excluding tert-OH is 1. The lowest BCUT2D eigenvalue weighted by atomic mass is 9.78. The van der Waals surface area contributed by atoms with Crippen molar-refractivity contribution in [3.63, 3.8) is 0 Å². The van der Waals surface area contributed by atoms with Gasteiger partial charge < -0.3 is 19.6 Å². The molecule has 2 saturated heterocycles. The molecule has 1 unspecified atom stereocenters. The van der Waals surface area contributed by atoms with E-state index in [1.54, 1.807) is 4.90 Å². The zero-order valence-corrected chi connectivity index (χ0v) is 18.9. The maximum atomic E-state index is 14.1. The fourth-order valence-electron chi connectivity index (χ4n) is 5.54. The SMILES string of the molecule is Cc1ccc(C)c(N2CC=C[C@]34S[C@H]5C=CCOC(=O)[C@H]5[C@H]3C(=O)N(CCO)C4C2=O)c1. The molecular weight excluding hydrogens is 428 g/mol. The third kappa shape index (κ3) is 2.96. The Hall–Kier alpha value is -2.58. The summed E-state index contributed by atoms with van der Waals surface area (Å²) in [5.41, 5.74) is 2.83. The molecule has 2 amide bonds. The molecule has 1 spiro atoms. The van der Waals surface area contributed by atoms with Crippen LogP contribution in [-0.2, 0) is 19.1 Å². The second kappa shape index (κ2) is 7.78. The number of amides is 2. The first-order valence-corrected chi connectivity index (χ1v) is 11.8.